The fourth-order valence-electron chi connectivity index (χ4n) is 1.39. The van der Waals surface area contributed by atoms with Crippen molar-refractivity contribution in [3.05, 3.63) is 41.2 Å². The average Bonchev–Trinajstić information content (AvgIpc) is 2.35. The van der Waals surface area contributed by atoms with Crippen molar-refractivity contribution in [1.82, 2.24) is 0 Å². The molecule has 19 heavy (non-hydrogen) atoms. The van der Waals surface area contributed by atoms with Gasteiger partial charge in [0, 0.05) is 11.6 Å². The van der Waals surface area contributed by atoms with Gasteiger partial charge in [-0.3, -0.25) is 0 Å². The molecule has 3 nitrogen and oxygen atoms in total. The summed E-state index contributed by atoms with van der Waals surface area (Å²) in [5, 5.41) is 8.54. The van der Waals surface area contributed by atoms with Gasteiger partial charge in [0.1, 0.15) is 5.82 Å². The van der Waals surface area contributed by atoms with Crippen molar-refractivity contribution < 1.29 is 19.0 Å². The lowest BCUT2D eigenvalue weighted by Gasteiger charge is -2.16. The standard InChI is InChI=1S/C15H19FO3/c1-10(2)11(3)19-9-12-4-6-14(16)13(8-12)5-7-15(17)18/h4-8,10-11H,9H2,1-3H3,(H,17,18). The van der Waals surface area contributed by atoms with E-state index in [1.165, 1.54) is 12.1 Å². The van der Waals surface area contributed by atoms with Gasteiger partial charge in [0.25, 0.3) is 0 Å². The minimum Gasteiger partial charge on any atom is -0.478 e. The van der Waals surface area contributed by atoms with Crippen LogP contribution in [-0.4, -0.2) is 17.2 Å². The number of aliphatic carboxylic acids is 1. The Bertz CT molecular complexity index is 466. The number of hydrogen-bond donors (Lipinski definition) is 1. The molecule has 0 aliphatic carbocycles. The lowest BCUT2D eigenvalue weighted by atomic mass is 10.1. The van der Waals surface area contributed by atoms with Gasteiger partial charge in [0.2, 0.25) is 0 Å². The minimum atomic E-state index is -1.10. The Morgan fingerprint density at radius 3 is 2.68 bits per heavy atom. The Kier molecular flexibility index (Phi) is 5.70. The summed E-state index contributed by atoms with van der Waals surface area (Å²) >= 11 is 0. The van der Waals surface area contributed by atoms with Crippen molar-refractivity contribution in [3.8, 4) is 0 Å². The van der Waals surface area contributed by atoms with E-state index in [9.17, 15) is 9.18 Å². The molecule has 0 aromatic heterocycles. The molecule has 1 rings (SSSR count). The van der Waals surface area contributed by atoms with Gasteiger partial charge in [-0.25, -0.2) is 9.18 Å². The molecular formula is C15H19FO3. The van der Waals surface area contributed by atoms with Crippen LogP contribution in [0.2, 0.25) is 0 Å². The molecule has 0 aliphatic heterocycles. The summed E-state index contributed by atoms with van der Waals surface area (Å²) in [6, 6.07) is 4.56. The molecule has 1 aromatic rings. The summed E-state index contributed by atoms with van der Waals surface area (Å²) in [4.78, 5) is 10.4. The van der Waals surface area contributed by atoms with Crippen molar-refractivity contribution in [3.63, 3.8) is 0 Å². The highest BCUT2D eigenvalue weighted by atomic mass is 19.1. The first kappa shape index (κ1) is 15.4. The fraction of sp³-hybridized carbons (Fsp3) is 0.400. The Balaban J connectivity index is 2.76. The van der Waals surface area contributed by atoms with Crippen LogP contribution in [-0.2, 0) is 16.1 Å². The Morgan fingerprint density at radius 1 is 1.42 bits per heavy atom. The number of hydrogen-bond acceptors (Lipinski definition) is 2. The quantitative estimate of drug-likeness (QED) is 0.802. The Labute approximate surface area is 112 Å². The van der Waals surface area contributed by atoms with Crippen molar-refractivity contribution in [2.24, 2.45) is 5.92 Å². The lowest BCUT2D eigenvalue weighted by molar-refractivity contribution is -0.131. The summed E-state index contributed by atoms with van der Waals surface area (Å²) in [7, 11) is 0. The number of ether oxygens (including phenoxy) is 1. The minimum absolute atomic E-state index is 0.114. The molecule has 104 valence electrons. The highest BCUT2D eigenvalue weighted by Crippen LogP contribution is 2.15. The average molecular weight is 266 g/mol. The van der Waals surface area contributed by atoms with Crippen LogP contribution in [0.25, 0.3) is 6.08 Å². The second kappa shape index (κ2) is 7.04. The third-order valence-corrected chi connectivity index (χ3v) is 2.92. The topological polar surface area (TPSA) is 46.5 Å². The fourth-order valence-corrected chi connectivity index (χ4v) is 1.39. The summed E-state index contributed by atoms with van der Waals surface area (Å²) in [5.41, 5.74) is 1.07. The van der Waals surface area contributed by atoms with Crippen LogP contribution in [0.15, 0.2) is 24.3 Å². The normalized spacial score (nSPS) is 13.1. The zero-order valence-corrected chi connectivity index (χ0v) is 11.4. The van der Waals surface area contributed by atoms with Crippen molar-refractivity contribution >= 4 is 12.0 Å². The molecule has 0 spiro atoms. The van der Waals surface area contributed by atoms with Crippen LogP contribution in [0, 0.1) is 11.7 Å². The van der Waals surface area contributed by atoms with Crippen LogP contribution < -0.4 is 0 Å². The SMILES string of the molecule is CC(C)C(C)OCc1ccc(F)c(C=CC(=O)O)c1. The van der Waals surface area contributed by atoms with Gasteiger partial charge in [-0.15, -0.1) is 0 Å². The van der Waals surface area contributed by atoms with Gasteiger partial charge >= 0.3 is 5.97 Å². The summed E-state index contributed by atoms with van der Waals surface area (Å²) in [5.74, 6) is -1.14. The molecule has 0 saturated carbocycles. The molecule has 0 fully saturated rings. The number of benzene rings is 1. The molecule has 1 atom stereocenters. The monoisotopic (exact) mass is 266 g/mol. The second-order valence-corrected chi connectivity index (χ2v) is 4.79. The van der Waals surface area contributed by atoms with Gasteiger partial charge in [0.15, 0.2) is 0 Å². The summed E-state index contributed by atoms with van der Waals surface area (Å²) < 4.78 is 19.1. The molecule has 1 unspecified atom stereocenters. The maximum Gasteiger partial charge on any atom is 0.328 e. The van der Waals surface area contributed by atoms with Gasteiger partial charge < -0.3 is 9.84 Å². The first-order chi connectivity index (χ1) is 8.90. The Morgan fingerprint density at radius 2 is 2.11 bits per heavy atom. The number of carboxylic acids is 1. The van der Waals surface area contributed by atoms with E-state index in [2.05, 4.69) is 13.8 Å². The Hall–Kier alpha value is -1.68. The van der Waals surface area contributed by atoms with Crippen LogP contribution in [0.3, 0.4) is 0 Å². The molecule has 4 heteroatoms. The number of rotatable bonds is 6. The van der Waals surface area contributed by atoms with Crippen LogP contribution >= 0.6 is 0 Å². The van der Waals surface area contributed by atoms with E-state index in [1.807, 2.05) is 6.92 Å². The first-order valence-corrected chi connectivity index (χ1v) is 6.21. The largest absolute Gasteiger partial charge is 0.478 e. The van der Waals surface area contributed by atoms with Crippen LogP contribution in [0.1, 0.15) is 31.9 Å². The van der Waals surface area contributed by atoms with Gasteiger partial charge in [-0.2, -0.15) is 0 Å². The third kappa shape index (κ3) is 5.22. The van der Waals surface area contributed by atoms with E-state index in [4.69, 9.17) is 9.84 Å². The molecule has 1 N–H and O–H groups in total. The summed E-state index contributed by atoms with van der Waals surface area (Å²) in [6.07, 6.45) is 2.27. The predicted octanol–water partition coefficient (Wildman–Crippen LogP) is 3.48. The zero-order valence-electron chi connectivity index (χ0n) is 11.4. The van der Waals surface area contributed by atoms with Crippen molar-refractivity contribution in [1.29, 1.82) is 0 Å². The number of halogens is 1. The lowest BCUT2D eigenvalue weighted by Crippen LogP contribution is -2.15. The van der Waals surface area contributed by atoms with E-state index in [-0.39, 0.29) is 11.7 Å². The van der Waals surface area contributed by atoms with E-state index >= 15 is 0 Å². The molecule has 1 aromatic carbocycles. The number of carboxylic acid groups (broad SMARTS) is 1. The first-order valence-electron chi connectivity index (χ1n) is 6.21. The van der Waals surface area contributed by atoms with E-state index in [0.717, 1.165) is 11.6 Å². The maximum absolute atomic E-state index is 13.5. The molecule has 0 aliphatic rings. The highest BCUT2D eigenvalue weighted by Gasteiger charge is 2.08. The van der Waals surface area contributed by atoms with Crippen molar-refractivity contribution in [2.45, 2.75) is 33.5 Å². The highest BCUT2D eigenvalue weighted by molar-refractivity contribution is 5.85. The van der Waals surface area contributed by atoms with Crippen LogP contribution in [0.5, 0.6) is 0 Å². The molecule has 0 saturated heterocycles. The molecule has 0 radical (unpaired) electrons. The van der Waals surface area contributed by atoms with Gasteiger partial charge in [-0.1, -0.05) is 19.9 Å². The smallest absolute Gasteiger partial charge is 0.328 e. The van der Waals surface area contributed by atoms with Crippen LogP contribution in [0.4, 0.5) is 4.39 Å². The molecule has 0 amide bonds. The molecule has 0 bridgehead atoms. The number of carbonyl (C=O) groups is 1. The summed E-state index contributed by atoms with van der Waals surface area (Å²) in [6.45, 7) is 6.50. The predicted molar refractivity (Wildman–Crippen MR) is 72.2 cm³/mol. The van der Waals surface area contributed by atoms with E-state index in [1.54, 1.807) is 12.1 Å². The molecular weight excluding hydrogens is 247 g/mol. The van der Waals surface area contributed by atoms with E-state index < -0.39 is 11.8 Å². The van der Waals surface area contributed by atoms with Gasteiger partial charge in [0.05, 0.1) is 12.7 Å². The second-order valence-electron chi connectivity index (χ2n) is 4.79. The third-order valence-electron chi connectivity index (χ3n) is 2.92. The van der Waals surface area contributed by atoms with E-state index in [0.29, 0.717) is 12.5 Å². The van der Waals surface area contributed by atoms with Gasteiger partial charge in [-0.05, 0) is 36.6 Å². The molecule has 0 heterocycles. The van der Waals surface area contributed by atoms with Crippen molar-refractivity contribution in [2.75, 3.05) is 0 Å². The maximum atomic E-state index is 13.5. The zero-order chi connectivity index (χ0) is 14.4.